The number of anilines is 2. The quantitative estimate of drug-likeness (QED) is 0.619. The molecule has 1 aliphatic carbocycles. The van der Waals surface area contributed by atoms with Crippen molar-refractivity contribution in [3.8, 4) is 5.75 Å². The van der Waals surface area contributed by atoms with E-state index in [1.807, 2.05) is 32.0 Å². The number of methoxy groups -OCH3 is 1. The van der Waals surface area contributed by atoms with Crippen LogP contribution in [0.2, 0.25) is 5.02 Å². The maximum atomic E-state index is 12.6. The van der Waals surface area contributed by atoms with Crippen LogP contribution in [-0.4, -0.2) is 43.0 Å². The van der Waals surface area contributed by atoms with Crippen molar-refractivity contribution in [3.63, 3.8) is 0 Å². The van der Waals surface area contributed by atoms with Crippen molar-refractivity contribution in [1.29, 1.82) is 0 Å². The molecule has 2 aromatic carbocycles. The first-order valence-corrected chi connectivity index (χ1v) is 10.5. The Bertz CT molecular complexity index is 928. The molecular weight excluding hydrogens is 402 g/mol. The zero-order valence-corrected chi connectivity index (χ0v) is 18.4. The summed E-state index contributed by atoms with van der Waals surface area (Å²) < 4.78 is 5.12. The van der Waals surface area contributed by atoms with Gasteiger partial charge in [-0.1, -0.05) is 23.7 Å². The third kappa shape index (κ3) is 6.21. The van der Waals surface area contributed by atoms with Crippen molar-refractivity contribution >= 4 is 34.8 Å². The van der Waals surface area contributed by atoms with Crippen LogP contribution in [0.4, 0.5) is 11.4 Å². The third-order valence-electron chi connectivity index (χ3n) is 5.14. The van der Waals surface area contributed by atoms with Gasteiger partial charge in [-0.2, -0.15) is 0 Å². The Morgan fingerprint density at radius 1 is 1.10 bits per heavy atom. The summed E-state index contributed by atoms with van der Waals surface area (Å²) in [7, 11) is 1.54. The Balaban J connectivity index is 1.52. The number of nitrogens with one attached hydrogen (secondary N) is 2. The van der Waals surface area contributed by atoms with Gasteiger partial charge in [0.05, 0.1) is 18.7 Å². The van der Waals surface area contributed by atoms with Crippen molar-refractivity contribution in [2.75, 3.05) is 30.8 Å². The molecule has 7 heteroatoms. The largest absolute Gasteiger partial charge is 0.495 e. The number of hydrogen-bond acceptors (Lipinski definition) is 4. The second kappa shape index (κ2) is 9.96. The monoisotopic (exact) mass is 429 g/mol. The first-order chi connectivity index (χ1) is 14.4. The molecule has 3 rings (SSSR count). The van der Waals surface area contributed by atoms with Gasteiger partial charge in [-0.05, 0) is 62.1 Å². The van der Waals surface area contributed by atoms with E-state index in [0.717, 1.165) is 29.7 Å². The fraction of sp³-hybridized carbons (Fsp3) is 0.391. The summed E-state index contributed by atoms with van der Waals surface area (Å²) in [5, 5.41) is 6.29. The molecule has 2 amide bonds. The highest BCUT2D eigenvalue weighted by molar-refractivity contribution is 6.32. The number of hydrogen-bond donors (Lipinski definition) is 2. The van der Waals surface area contributed by atoms with Gasteiger partial charge in [-0.25, -0.2) is 0 Å². The van der Waals surface area contributed by atoms with Crippen LogP contribution in [0.25, 0.3) is 0 Å². The lowest BCUT2D eigenvalue weighted by molar-refractivity contribution is -0.119. The van der Waals surface area contributed by atoms with Crippen molar-refractivity contribution < 1.29 is 14.3 Å². The molecule has 1 fully saturated rings. The van der Waals surface area contributed by atoms with E-state index in [1.54, 1.807) is 25.3 Å². The van der Waals surface area contributed by atoms with Gasteiger partial charge in [-0.15, -0.1) is 0 Å². The zero-order chi connectivity index (χ0) is 21.7. The Morgan fingerprint density at radius 2 is 1.87 bits per heavy atom. The molecule has 0 aromatic heterocycles. The van der Waals surface area contributed by atoms with Gasteiger partial charge >= 0.3 is 0 Å². The van der Waals surface area contributed by atoms with E-state index in [-0.39, 0.29) is 18.4 Å². The molecule has 0 atom stereocenters. The fourth-order valence-electron chi connectivity index (χ4n) is 3.29. The van der Waals surface area contributed by atoms with Crippen LogP contribution in [0.3, 0.4) is 0 Å². The van der Waals surface area contributed by atoms with Crippen LogP contribution < -0.4 is 15.4 Å². The first-order valence-electron chi connectivity index (χ1n) is 10.1. The molecule has 6 nitrogen and oxygen atoms in total. The van der Waals surface area contributed by atoms with E-state index in [2.05, 4.69) is 15.5 Å². The maximum absolute atomic E-state index is 12.6. The van der Waals surface area contributed by atoms with Crippen molar-refractivity contribution in [2.45, 2.75) is 39.2 Å². The van der Waals surface area contributed by atoms with Crippen LogP contribution in [0, 0.1) is 13.8 Å². The topological polar surface area (TPSA) is 70.7 Å². The highest BCUT2D eigenvalue weighted by Gasteiger charge is 2.30. The van der Waals surface area contributed by atoms with Crippen molar-refractivity contribution in [3.05, 3.63) is 52.5 Å². The first kappa shape index (κ1) is 22.1. The molecule has 0 bridgehead atoms. The summed E-state index contributed by atoms with van der Waals surface area (Å²) in [6.45, 7) is 4.78. The van der Waals surface area contributed by atoms with E-state index in [9.17, 15) is 9.59 Å². The average Bonchev–Trinajstić information content (AvgIpc) is 3.53. The van der Waals surface area contributed by atoms with E-state index in [0.29, 0.717) is 35.5 Å². The molecule has 160 valence electrons. The predicted molar refractivity (Wildman–Crippen MR) is 120 cm³/mol. The smallest absolute Gasteiger partial charge is 0.238 e. The predicted octanol–water partition coefficient (Wildman–Crippen LogP) is 4.40. The second-order valence-electron chi connectivity index (χ2n) is 7.72. The van der Waals surface area contributed by atoms with Gasteiger partial charge in [0.15, 0.2) is 0 Å². The molecule has 30 heavy (non-hydrogen) atoms. The molecule has 0 radical (unpaired) electrons. The van der Waals surface area contributed by atoms with E-state index < -0.39 is 0 Å². The summed E-state index contributed by atoms with van der Waals surface area (Å²) in [5.41, 5.74) is 3.59. The summed E-state index contributed by atoms with van der Waals surface area (Å²) >= 11 is 6.11. The second-order valence-corrected chi connectivity index (χ2v) is 8.12. The van der Waals surface area contributed by atoms with Gasteiger partial charge in [-0.3, -0.25) is 14.5 Å². The van der Waals surface area contributed by atoms with Crippen molar-refractivity contribution in [2.24, 2.45) is 0 Å². The van der Waals surface area contributed by atoms with E-state index >= 15 is 0 Å². The third-order valence-corrected chi connectivity index (χ3v) is 5.43. The number of carbonyl (C=O) groups excluding carboxylic acids is 2. The molecule has 0 spiro atoms. The Morgan fingerprint density at radius 3 is 2.53 bits per heavy atom. The molecule has 2 aromatic rings. The summed E-state index contributed by atoms with van der Waals surface area (Å²) in [6, 6.07) is 11.5. The number of ether oxygens (including phenoxy) is 1. The molecule has 0 unspecified atom stereocenters. The lowest BCUT2D eigenvalue weighted by Gasteiger charge is -2.21. The van der Waals surface area contributed by atoms with Gasteiger partial charge < -0.3 is 15.4 Å². The molecular formula is C23H28ClN3O3. The Labute approximate surface area is 182 Å². The average molecular weight is 430 g/mol. The van der Waals surface area contributed by atoms with Gasteiger partial charge in [0.2, 0.25) is 11.8 Å². The van der Waals surface area contributed by atoms with Crippen LogP contribution >= 0.6 is 11.6 Å². The van der Waals surface area contributed by atoms with E-state index in [4.69, 9.17) is 16.3 Å². The molecule has 0 heterocycles. The number of nitrogens with zero attached hydrogens (tertiary/aromatic N) is 1. The van der Waals surface area contributed by atoms with E-state index in [1.165, 1.54) is 0 Å². The summed E-state index contributed by atoms with van der Waals surface area (Å²) in [4.78, 5) is 27.0. The minimum Gasteiger partial charge on any atom is -0.495 e. The zero-order valence-electron chi connectivity index (χ0n) is 17.6. The van der Waals surface area contributed by atoms with Crippen LogP contribution in [0.1, 0.15) is 30.4 Å². The Hall–Kier alpha value is -2.57. The number of halogens is 1. The lowest BCUT2D eigenvalue weighted by Crippen LogP contribution is -2.37. The molecule has 1 saturated carbocycles. The minimum absolute atomic E-state index is 0.0575. The van der Waals surface area contributed by atoms with Crippen LogP contribution in [0.5, 0.6) is 5.75 Å². The molecule has 0 saturated heterocycles. The number of rotatable bonds is 9. The summed E-state index contributed by atoms with van der Waals surface area (Å²) in [6.07, 6.45) is 2.43. The maximum Gasteiger partial charge on any atom is 0.238 e. The lowest BCUT2D eigenvalue weighted by atomic mass is 10.1. The normalized spacial score (nSPS) is 13.2. The highest BCUT2D eigenvalue weighted by atomic mass is 35.5. The number of aryl methyl sites for hydroxylation is 2. The van der Waals surface area contributed by atoms with Gasteiger partial charge in [0, 0.05) is 30.4 Å². The summed E-state index contributed by atoms with van der Waals surface area (Å²) in [5.74, 6) is 0.388. The number of benzene rings is 2. The van der Waals surface area contributed by atoms with Crippen molar-refractivity contribution in [1.82, 2.24) is 4.90 Å². The van der Waals surface area contributed by atoms with Crippen LogP contribution in [0.15, 0.2) is 36.4 Å². The van der Waals surface area contributed by atoms with Gasteiger partial charge in [0.1, 0.15) is 5.75 Å². The van der Waals surface area contributed by atoms with Gasteiger partial charge in [0.25, 0.3) is 0 Å². The molecule has 2 N–H and O–H groups in total. The molecule has 0 aliphatic heterocycles. The SMILES string of the molecule is COc1ccc(NC(=O)CCN(CC(=O)Nc2cc(C)ccc2C)C2CC2)cc1Cl. The Kier molecular flexibility index (Phi) is 7.34. The molecule has 1 aliphatic rings. The number of carbonyl (C=O) groups is 2. The standard InChI is InChI=1S/C23H28ClN3O3/c1-15-4-5-16(2)20(12-15)26-23(29)14-27(18-7-8-18)11-10-22(28)25-17-6-9-21(30-3)19(24)13-17/h4-6,9,12-13,18H,7-8,10-11,14H2,1-3H3,(H,25,28)(H,26,29). The van der Waals surface area contributed by atoms with Crippen LogP contribution in [-0.2, 0) is 9.59 Å². The minimum atomic E-state index is -0.114. The fourth-order valence-corrected chi connectivity index (χ4v) is 3.55. The highest BCUT2D eigenvalue weighted by Crippen LogP contribution is 2.28. The number of amides is 2.